The van der Waals surface area contributed by atoms with Crippen molar-refractivity contribution in [3.8, 4) is 0 Å². The molecule has 1 aliphatic carbocycles. The topological polar surface area (TPSA) is 44.8 Å². The number of methoxy groups -OCH3 is 1. The van der Waals surface area contributed by atoms with Gasteiger partial charge in [-0.3, -0.25) is 0 Å². The van der Waals surface area contributed by atoms with Gasteiger partial charge in [0.25, 0.3) is 0 Å². The first kappa shape index (κ1) is 14.8. The summed E-state index contributed by atoms with van der Waals surface area (Å²) < 4.78 is 17.1. The van der Waals surface area contributed by atoms with Gasteiger partial charge in [-0.2, -0.15) is 0 Å². The van der Waals surface area contributed by atoms with Crippen LogP contribution < -0.4 is 0 Å². The molecule has 5 heteroatoms. The van der Waals surface area contributed by atoms with Crippen molar-refractivity contribution in [1.82, 2.24) is 0 Å². The summed E-state index contributed by atoms with van der Waals surface area (Å²) in [7, 11) is 1.36. The number of carbonyl (C=O) groups excluding carboxylic acids is 1. The zero-order valence-corrected chi connectivity index (χ0v) is 12.8. The normalized spacial score (nSPS) is 27.7. The van der Waals surface area contributed by atoms with Gasteiger partial charge in [0, 0.05) is 23.4 Å². The van der Waals surface area contributed by atoms with E-state index in [1.54, 1.807) is 6.07 Å². The molecule has 1 saturated carbocycles. The van der Waals surface area contributed by atoms with E-state index in [9.17, 15) is 4.79 Å². The quantitative estimate of drug-likeness (QED) is 0.782. The van der Waals surface area contributed by atoms with Crippen molar-refractivity contribution in [1.29, 1.82) is 0 Å². The SMILES string of the molecule is COC(=O)C1OC2(CCCCC2)OC1c1ccccc1Cl. The molecule has 1 aromatic carbocycles. The third-order valence-electron chi connectivity index (χ3n) is 4.22. The molecular weight excluding hydrogens is 292 g/mol. The van der Waals surface area contributed by atoms with E-state index in [1.165, 1.54) is 13.5 Å². The Balaban J connectivity index is 1.92. The Bertz CT molecular complexity index is 525. The van der Waals surface area contributed by atoms with Crippen LogP contribution >= 0.6 is 11.6 Å². The Morgan fingerprint density at radius 3 is 2.62 bits per heavy atom. The van der Waals surface area contributed by atoms with E-state index in [0.717, 1.165) is 31.2 Å². The highest BCUT2D eigenvalue weighted by Crippen LogP contribution is 2.47. The van der Waals surface area contributed by atoms with Crippen LogP contribution in [0, 0.1) is 0 Å². The van der Waals surface area contributed by atoms with Gasteiger partial charge in [-0.15, -0.1) is 0 Å². The first-order chi connectivity index (χ1) is 10.2. The molecule has 0 radical (unpaired) electrons. The maximum absolute atomic E-state index is 12.1. The predicted molar refractivity (Wildman–Crippen MR) is 78.0 cm³/mol. The molecule has 1 aliphatic heterocycles. The van der Waals surface area contributed by atoms with Crippen molar-refractivity contribution in [2.75, 3.05) is 7.11 Å². The van der Waals surface area contributed by atoms with Gasteiger partial charge < -0.3 is 14.2 Å². The number of ether oxygens (including phenoxy) is 3. The third kappa shape index (κ3) is 2.80. The van der Waals surface area contributed by atoms with Gasteiger partial charge in [-0.1, -0.05) is 36.2 Å². The maximum Gasteiger partial charge on any atom is 0.338 e. The third-order valence-corrected chi connectivity index (χ3v) is 4.56. The van der Waals surface area contributed by atoms with Crippen LogP contribution in [0.4, 0.5) is 0 Å². The smallest absolute Gasteiger partial charge is 0.338 e. The molecule has 0 bridgehead atoms. The first-order valence-corrected chi connectivity index (χ1v) is 7.71. The van der Waals surface area contributed by atoms with Gasteiger partial charge in [0.05, 0.1) is 7.11 Å². The van der Waals surface area contributed by atoms with Crippen molar-refractivity contribution in [2.24, 2.45) is 0 Å². The van der Waals surface area contributed by atoms with Crippen LogP contribution in [0.3, 0.4) is 0 Å². The van der Waals surface area contributed by atoms with E-state index >= 15 is 0 Å². The molecule has 2 unspecified atom stereocenters. The van der Waals surface area contributed by atoms with Crippen LogP contribution in [0.1, 0.15) is 43.8 Å². The van der Waals surface area contributed by atoms with E-state index < -0.39 is 24.0 Å². The first-order valence-electron chi connectivity index (χ1n) is 7.33. The molecule has 2 fully saturated rings. The van der Waals surface area contributed by atoms with E-state index in [4.69, 9.17) is 25.8 Å². The average Bonchev–Trinajstić information content (AvgIpc) is 2.86. The molecule has 0 amide bonds. The zero-order chi connectivity index (χ0) is 14.9. The summed E-state index contributed by atoms with van der Waals surface area (Å²) in [4.78, 5) is 12.1. The molecule has 1 spiro atoms. The molecule has 1 saturated heterocycles. The van der Waals surface area contributed by atoms with E-state index in [1.807, 2.05) is 18.2 Å². The number of rotatable bonds is 2. The van der Waals surface area contributed by atoms with Crippen molar-refractivity contribution >= 4 is 17.6 Å². The van der Waals surface area contributed by atoms with E-state index in [2.05, 4.69) is 0 Å². The number of benzene rings is 1. The number of esters is 1. The lowest BCUT2D eigenvalue weighted by Crippen LogP contribution is -2.35. The summed E-state index contributed by atoms with van der Waals surface area (Å²) in [5, 5.41) is 0.577. The summed E-state index contributed by atoms with van der Waals surface area (Å²) in [5.41, 5.74) is 0.775. The Labute approximate surface area is 129 Å². The molecule has 2 aliphatic rings. The zero-order valence-electron chi connectivity index (χ0n) is 12.0. The number of carbonyl (C=O) groups is 1. The molecule has 1 aromatic rings. The summed E-state index contributed by atoms with van der Waals surface area (Å²) in [6.45, 7) is 0. The Morgan fingerprint density at radius 1 is 1.24 bits per heavy atom. The van der Waals surface area contributed by atoms with Gasteiger partial charge in [0.15, 0.2) is 11.9 Å². The monoisotopic (exact) mass is 310 g/mol. The molecule has 114 valence electrons. The minimum atomic E-state index is -0.756. The van der Waals surface area contributed by atoms with Crippen molar-refractivity contribution < 1.29 is 19.0 Å². The van der Waals surface area contributed by atoms with Crippen LogP contribution in [0.25, 0.3) is 0 Å². The maximum atomic E-state index is 12.1. The van der Waals surface area contributed by atoms with E-state index in [0.29, 0.717) is 5.02 Å². The molecule has 4 nitrogen and oxygen atoms in total. The second-order valence-corrected chi connectivity index (χ2v) is 6.00. The highest BCUT2D eigenvalue weighted by Gasteiger charge is 2.52. The summed E-state index contributed by atoms with van der Waals surface area (Å²) >= 11 is 6.26. The van der Waals surface area contributed by atoms with E-state index in [-0.39, 0.29) is 0 Å². The fraction of sp³-hybridized carbons (Fsp3) is 0.562. The Kier molecular flexibility index (Phi) is 4.20. The summed E-state index contributed by atoms with van der Waals surface area (Å²) in [5.74, 6) is -1.08. The van der Waals surface area contributed by atoms with Crippen LogP contribution in [0.15, 0.2) is 24.3 Å². The van der Waals surface area contributed by atoms with Gasteiger partial charge in [0.2, 0.25) is 0 Å². The van der Waals surface area contributed by atoms with Crippen molar-refractivity contribution in [3.63, 3.8) is 0 Å². The molecule has 0 aromatic heterocycles. The van der Waals surface area contributed by atoms with Crippen molar-refractivity contribution in [3.05, 3.63) is 34.9 Å². The molecule has 21 heavy (non-hydrogen) atoms. The number of halogens is 1. The molecule has 0 N–H and O–H groups in total. The van der Waals surface area contributed by atoms with Crippen LogP contribution in [0.2, 0.25) is 5.02 Å². The lowest BCUT2D eigenvalue weighted by molar-refractivity contribution is -0.199. The van der Waals surface area contributed by atoms with Gasteiger partial charge in [-0.25, -0.2) is 4.79 Å². The second-order valence-electron chi connectivity index (χ2n) is 5.59. The fourth-order valence-electron chi connectivity index (χ4n) is 3.16. The number of hydrogen-bond donors (Lipinski definition) is 0. The lowest BCUT2D eigenvalue weighted by Gasteiger charge is -2.31. The predicted octanol–water partition coefficient (Wildman–Crippen LogP) is 3.63. The van der Waals surface area contributed by atoms with Gasteiger partial charge in [-0.05, 0) is 18.9 Å². The summed E-state index contributed by atoms with van der Waals surface area (Å²) in [6, 6.07) is 7.39. The van der Waals surface area contributed by atoms with Crippen LogP contribution in [-0.4, -0.2) is 25.0 Å². The fourth-order valence-corrected chi connectivity index (χ4v) is 3.40. The minimum Gasteiger partial charge on any atom is -0.467 e. The van der Waals surface area contributed by atoms with Crippen LogP contribution in [0.5, 0.6) is 0 Å². The van der Waals surface area contributed by atoms with Crippen LogP contribution in [-0.2, 0) is 19.0 Å². The highest BCUT2D eigenvalue weighted by molar-refractivity contribution is 6.31. The lowest BCUT2D eigenvalue weighted by atomic mass is 9.94. The average molecular weight is 311 g/mol. The molecule has 1 heterocycles. The van der Waals surface area contributed by atoms with Gasteiger partial charge >= 0.3 is 5.97 Å². The highest BCUT2D eigenvalue weighted by atomic mass is 35.5. The van der Waals surface area contributed by atoms with Gasteiger partial charge in [0.1, 0.15) is 6.10 Å². The van der Waals surface area contributed by atoms with Crippen molar-refractivity contribution in [2.45, 2.75) is 50.1 Å². The largest absolute Gasteiger partial charge is 0.467 e. The molecule has 3 rings (SSSR count). The number of hydrogen-bond acceptors (Lipinski definition) is 4. The summed E-state index contributed by atoms with van der Waals surface area (Å²) in [6.07, 6.45) is 3.61. The second kappa shape index (κ2) is 5.95. The standard InChI is InChI=1S/C16H19ClO4/c1-19-15(18)14-13(11-7-3-4-8-12(11)17)20-16(21-14)9-5-2-6-10-16/h3-4,7-8,13-14H,2,5-6,9-10H2,1H3. The minimum absolute atomic E-state index is 0.414. The molecule has 2 atom stereocenters. The molecular formula is C16H19ClO4. The Morgan fingerprint density at radius 2 is 1.95 bits per heavy atom. The Hall–Kier alpha value is -1.10.